The Morgan fingerprint density at radius 2 is 1.60 bits per heavy atom. The summed E-state index contributed by atoms with van der Waals surface area (Å²) in [5.74, 6) is 0.632. The predicted molar refractivity (Wildman–Crippen MR) is 205 cm³/mol. The zero-order valence-electron chi connectivity index (χ0n) is 34.2. The Labute approximate surface area is 313 Å². The molecule has 0 radical (unpaired) electrons. The molecule has 8 unspecified atom stereocenters. The van der Waals surface area contributed by atoms with E-state index in [1.165, 1.54) is 17.6 Å². The van der Waals surface area contributed by atoms with Crippen molar-refractivity contribution in [3.63, 3.8) is 0 Å². The topological polar surface area (TPSA) is 106 Å². The van der Waals surface area contributed by atoms with Crippen molar-refractivity contribution < 1.29 is 24.2 Å². The first-order valence-corrected chi connectivity index (χ1v) is 20.4. The van der Waals surface area contributed by atoms with Crippen LogP contribution >= 0.6 is 0 Å². The van der Waals surface area contributed by atoms with Crippen LogP contribution in [0, 0.1) is 56.2 Å². The predicted octanol–water partition coefficient (Wildman–Crippen LogP) is 9.69. The van der Waals surface area contributed by atoms with Gasteiger partial charge in [0.15, 0.2) is 5.78 Å². The van der Waals surface area contributed by atoms with Crippen LogP contribution in [0.15, 0.2) is 35.7 Å². The van der Waals surface area contributed by atoms with Gasteiger partial charge < -0.3 is 15.2 Å². The molecule has 288 valence electrons. The van der Waals surface area contributed by atoms with Crippen molar-refractivity contribution in [3.05, 3.63) is 41.2 Å². The number of rotatable bonds is 10. The van der Waals surface area contributed by atoms with E-state index in [1.54, 1.807) is 13.8 Å². The zero-order chi connectivity index (χ0) is 38.3. The lowest BCUT2D eigenvalue weighted by Crippen LogP contribution is -2.65. The highest BCUT2D eigenvalue weighted by atomic mass is 16.5. The maximum atomic E-state index is 14.1. The van der Waals surface area contributed by atoms with E-state index in [1.807, 2.05) is 12.4 Å². The molecule has 1 aromatic heterocycles. The lowest BCUT2D eigenvalue weighted by atomic mass is 9.33. The van der Waals surface area contributed by atoms with E-state index >= 15 is 0 Å². The number of aromatic nitrogens is 1. The van der Waals surface area contributed by atoms with Crippen molar-refractivity contribution in [2.24, 2.45) is 56.2 Å². The molecule has 6 rings (SSSR count). The molecule has 1 aromatic rings. The van der Waals surface area contributed by atoms with E-state index in [4.69, 9.17) is 4.74 Å². The third-order valence-electron chi connectivity index (χ3n) is 16.5. The van der Waals surface area contributed by atoms with Crippen molar-refractivity contribution in [2.45, 2.75) is 158 Å². The third-order valence-corrected chi connectivity index (χ3v) is 16.5. The number of Topliss-reactive ketones (excluding diaryl/α,β-unsaturated/α-hetero) is 1. The largest absolute Gasteiger partial charge is 0.481 e. The molecule has 5 aliphatic carbocycles. The average Bonchev–Trinajstić information content (AvgIpc) is 3.35. The summed E-state index contributed by atoms with van der Waals surface area (Å²) in [5, 5.41) is 13.5. The fourth-order valence-electron chi connectivity index (χ4n) is 13.4. The molecule has 5 aliphatic rings. The summed E-state index contributed by atoms with van der Waals surface area (Å²) in [6, 6.07) is 4.19. The van der Waals surface area contributed by atoms with E-state index in [0.29, 0.717) is 30.0 Å². The summed E-state index contributed by atoms with van der Waals surface area (Å²) >= 11 is 0. The summed E-state index contributed by atoms with van der Waals surface area (Å²) in [6.07, 6.45) is 13.7. The summed E-state index contributed by atoms with van der Waals surface area (Å²) < 4.78 is 6.19. The lowest BCUT2D eigenvalue weighted by Gasteiger charge is -2.72. The Hall–Kier alpha value is -2.54. The highest BCUT2D eigenvalue weighted by Crippen LogP contribution is 2.77. The van der Waals surface area contributed by atoms with Crippen LogP contribution in [-0.2, 0) is 24.7 Å². The van der Waals surface area contributed by atoms with Crippen LogP contribution in [0.5, 0.6) is 0 Å². The number of nitrogens with zero attached hydrogens (tertiary/aromatic N) is 1. The van der Waals surface area contributed by atoms with Gasteiger partial charge in [0.2, 0.25) is 0 Å². The molecule has 0 aliphatic heterocycles. The van der Waals surface area contributed by atoms with Gasteiger partial charge in [-0.25, -0.2) is 0 Å². The Morgan fingerprint density at radius 1 is 0.923 bits per heavy atom. The van der Waals surface area contributed by atoms with Gasteiger partial charge in [-0.2, -0.15) is 0 Å². The van der Waals surface area contributed by atoms with Gasteiger partial charge in [-0.3, -0.25) is 19.4 Å². The van der Waals surface area contributed by atoms with E-state index in [-0.39, 0.29) is 51.1 Å². The molecule has 7 nitrogen and oxygen atoms in total. The number of carbonyl (C=O) groups is 3. The van der Waals surface area contributed by atoms with Crippen molar-refractivity contribution in [2.75, 3.05) is 6.54 Å². The van der Waals surface area contributed by atoms with Gasteiger partial charge >= 0.3 is 11.9 Å². The number of ether oxygens (including phenoxy) is 1. The normalized spacial score (nSPS) is 37.2. The second kappa shape index (κ2) is 13.0. The van der Waals surface area contributed by atoms with E-state index in [0.717, 1.165) is 63.5 Å². The number of allylic oxidation sites excluding steroid dienone is 2. The van der Waals surface area contributed by atoms with Crippen LogP contribution < -0.4 is 5.32 Å². The SMILES string of the molecule is CC(C)C1=C2C3CCC4C5(C)CCC(OC(=O)CC(C)(C)C(=O)O)C(C)(C)C5CCC4(C)C3(C)CCC2(CCNC(C)(C)c2ccncc2)CC1=O. The van der Waals surface area contributed by atoms with Gasteiger partial charge in [-0.05, 0) is 155 Å². The number of carboxylic acids is 1. The first-order chi connectivity index (χ1) is 24.1. The van der Waals surface area contributed by atoms with Crippen LogP contribution in [0.3, 0.4) is 0 Å². The highest BCUT2D eigenvalue weighted by Gasteiger charge is 2.70. The first-order valence-electron chi connectivity index (χ1n) is 20.4. The standard InChI is InChI=1S/C45H68N2O5/c1-28(2)36-31(48)26-45(22-25-47-41(7,8)29-16-23-46-24-17-29)21-20-43(10)30(37(36)45)12-13-33-42(9)18-15-34(52-35(49)27-39(3,4)38(50)51)40(5,6)32(42)14-19-44(33,43)11/h16-17,23-24,28,30,32-34,47H,12-15,18-22,25-27H2,1-11H3,(H,50,51). The Kier molecular flexibility index (Phi) is 9.83. The van der Waals surface area contributed by atoms with E-state index in [2.05, 4.69) is 84.7 Å². The van der Waals surface area contributed by atoms with Gasteiger partial charge in [0.25, 0.3) is 0 Å². The second-order valence-electron chi connectivity index (χ2n) is 20.7. The van der Waals surface area contributed by atoms with Crippen molar-refractivity contribution in [3.8, 4) is 0 Å². The smallest absolute Gasteiger partial charge is 0.309 e. The molecule has 8 atom stereocenters. The Bertz CT molecular complexity index is 1610. The minimum atomic E-state index is -1.15. The van der Waals surface area contributed by atoms with Crippen LogP contribution in [0.25, 0.3) is 0 Å². The lowest BCUT2D eigenvalue weighted by molar-refractivity contribution is -0.233. The van der Waals surface area contributed by atoms with Crippen LogP contribution in [0.2, 0.25) is 0 Å². The van der Waals surface area contributed by atoms with Gasteiger partial charge in [0.1, 0.15) is 6.10 Å². The molecule has 0 saturated heterocycles. The number of ketones is 1. The molecule has 52 heavy (non-hydrogen) atoms. The summed E-state index contributed by atoms with van der Waals surface area (Å²) in [6.45, 7) is 25.4. The molecular formula is C45H68N2O5. The summed E-state index contributed by atoms with van der Waals surface area (Å²) in [5.41, 5.74) is 2.67. The molecular weight excluding hydrogens is 649 g/mol. The summed E-state index contributed by atoms with van der Waals surface area (Å²) in [7, 11) is 0. The maximum absolute atomic E-state index is 14.1. The molecule has 1 heterocycles. The number of esters is 1. The molecule has 0 aromatic carbocycles. The van der Waals surface area contributed by atoms with Crippen LogP contribution in [0.1, 0.15) is 152 Å². The first kappa shape index (κ1) is 39.2. The van der Waals surface area contributed by atoms with Gasteiger partial charge in [-0.1, -0.05) is 54.0 Å². The zero-order valence-corrected chi connectivity index (χ0v) is 34.2. The van der Waals surface area contributed by atoms with Gasteiger partial charge in [0.05, 0.1) is 11.8 Å². The fraction of sp³-hybridized carbons (Fsp3) is 0.778. The molecule has 7 heteroatoms. The maximum Gasteiger partial charge on any atom is 0.309 e. The van der Waals surface area contributed by atoms with Crippen molar-refractivity contribution >= 4 is 17.7 Å². The highest BCUT2D eigenvalue weighted by molar-refractivity contribution is 6.00. The number of nitrogens with one attached hydrogen (secondary N) is 1. The molecule has 4 fully saturated rings. The Balaban J connectivity index is 1.26. The third kappa shape index (κ3) is 6.02. The summed E-state index contributed by atoms with van der Waals surface area (Å²) in [4.78, 5) is 43.2. The molecule has 0 bridgehead atoms. The number of pyridine rings is 1. The minimum absolute atomic E-state index is 0.0639. The quantitative estimate of drug-likeness (QED) is 0.232. The Morgan fingerprint density at radius 3 is 2.23 bits per heavy atom. The van der Waals surface area contributed by atoms with Crippen molar-refractivity contribution in [1.29, 1.82) is 0 Å². The number of hydrogen-bond acceptors (Lipinski definition) is 6. The fourth-order valence-corrected chi connectivity index (χ4v) is 13.4. The molecule has 4 saturated carbocycles. The second-order valence-corrected chi connectivity index (χ2v) is 20.7. The van der Waals surface area contributed by atoms with E-state index in [9.17, 15) is 19.5 Å². The number of carboxylic acid groups (broad SMARTS) is 1. The molecule has 0 amide bonds. The number of fused-ring (bicyclic) bond motifs is 7. The monoisotopic (exact) mass is 717 g/mol. The van der Waals surface area contributed by atoms with Gasteiger partial charge in [-0.15, -0.1) is 0 Å². The van der Waals surface area contributed by atoms with Gasteiger partial charge in [0, 0.05) is 35.2 Å². The number of aliphatic carboxylic acids is 1. The number of hydrogen-bond donors (Lipinski definition) is 2. The molecule has 0 spiro atoms. The minimum Gasteiger partial charge on any atom is -0.481 e. The van der Waals surface area contributed by atoms with Crippen LogP contribution in [-0.4, -0.2) is 40.5 Å². The molecule has 2 N–H and O–H groups in total. The van der Waals surface area contributed by atoms with Crippen LogP contribution in [0.4, 0.5) is 0 Å². The van der Waals surface area contributed by atoms with E-state index < -0.39 is 17.4 Å². The van der Waals surface area contributed by atoms with Crippen molar-refractivity contribution in [1.82, 2.24) is 10.3 Å². The number of carbonyl (C=O) groups excluding carboxylic acids is 2. The average molecular weight is 717 g/mol.